The fraction of sp³-hybridized carbons (Fsp3) is 0.286. The molecule has 2 heterocycles. The highest BCUT2D eigenvalue weighted by Crippen LogP contribution is 2.21. The fourth-order valence-corrected chi connectivity index (χ4v) is 2.46. The third-order valence-electron chi connectivity index (χ3n) is 3.48. The summed E-state index contributed by atoms with van der Waals surface area (Å²) in [5.74, 6) is -1.49. The van der Waals surface area contributed by atoms with Crippen molar-refractivity contribution in [1.29, 1.82) is 0 Å². The topological polar surface area (TPSA) is 53.2 Å². The average Bonchev–Trinajstić information content (AvgIpc) is 3.05. The molecule has 0 bridgehead atoms. The summed E-state index contributed by atoms with van der Waals surface area (Å²) in [6.45, 7) is 1.25. The van der Waals surface area contributed by atoms with Crippen molar-refractivity contribution >= 4 is 22.6 Å². The van der Waals surface area contributed by atoms with Crippen LogP contribution in [-0.4, -0.2) is 34.7 Å². The highest BCUT2D eigenvalue weighted by molar-refractivity contribution is 6.44. The predicted molar refractivity (Wildman–Crippen MR) is 68.4 cm³/mol. The number of hydrogen-bond acceptors (Lipinski definition) is 2. The maximum Gasteiger partial charge on any atom is 0.295 e. The van der Waals surface area contributed by atoms with Gasteiger partial charge in [-0.05, 0) is 31.0 Å². The SMILES string of the molecule is O=C(C(=O)N1CCCC1)c1c[nH]c2ccc(F)cc12. The Hall–Kier alpha value is -2.17. The molecule has 1 aliphatic heterocycles. The molecular formula is C14H13FN2O2. The Kier molecular flexibility index (Phi) is 2.81. The van der Waals surface area contributed by atoms with Gasteiger partial charge in [0.15, 0.2) is 0 Å². The van der Waals surface area contributed by atoms with Crippen LogP contribution in [0.2, 0.25) is 0 Å². The number of carbonyl (C=O) groups is 2. The van der Waals surface area contributed by atoms with E-state index >= 15 is 0 Å². The van der Waals surface area contributed by atoms with Crippen LogP contribution >= 0.6 is 0 Å². The Labute approximate surface area is 109 Å². The van der Waals surface area contributed by atoms with Crippen molar-refractivity contribution in [1.82, 2.24) is 9.88 Å². The maximum atomic E-state index is 13.2. The summed E-state index contributed by atoms with van der Waals surface area (Å²) in [7, 11) is 0. The first kappa shape index (κ1) is 11.9. The average molecular weight is 260 g/mol. The van der Waals surface area contributed by atoms with Crippen LogP contribution in [0.25, 0.3) is 10.9 Å². The number of nitrogens with zero attached hydrogens (tertiary/aromatic N) is 1. The van der Waals surface area contributed by atoms with E-state index in [1.54, 1.807) is 11.0 Å². The second kappa shape index (κ2) is 4.50. The molecule has 0 aliphatic carbocycles. The van der Waals surface area contributed by atoms with Gasteiger partial charge in [0.25, 0.3) is 11.7 Å². The van der Waals surface area contributed by atoms with Crippen LogP contribution < -0.4 is 0 Å². The first-order valence-corrected chi connectivity index (χ1v) is 6.27. The molecule has 5 heteroatoms. The van der Waals surface area contributed by atoms with Crippen LogP contribution in [0.3, 0.4) is 0 Å². The molecule has 1 amide bonds. The van der Waals surface area contributed by atoms with Gasteiger partial charge in [0.1, 0.15) is 5.82 Å². The lowest BCUT2D eigenvalue weighted by Crippen LogP contribution is -2.34. The highest BCUT2D eigenvalue weighted by atomic mass is 19.1. The van der Waals surface area contributed by atoms with Crippen LogP contribution in [0, 0.1) is 5.82 Å². The number of Topliss-reactive ketones (excluding diaryl/α,β-unsaturated/α-hetero) is 1. The maximum absolute atomic E-state index is 13.2. The van der Waals surface area contributed by atoms with Crippen molar-refractivity contribution in [3.8, 4) is 0 Å². The number of nitrogens with one attached hydrogen (secondary N) is 1. The van der Waals surface area contributed by atoms with Gasteiger partial charge in [-0.3, -0.25) is 9.59 Å². The molecule has 1 N–H and O–H groups in total. The van der Waals surface area contributed by atoms with E-state index in [4.69, 9.17) is 0 Å². The Bertz CT molecular complexity index is 657. The van der Waals surface area contributed by atoms with Gasteiger partial charge in [0.2, 0.25) is 0 Å². The second-order valence-corrected chi connectivity index (χ2v) is 4.72. The van der Waals surface area contributed by atoms with Crippen molar-refractivity contribution in [3.05, 3.63) is 35.8 Å². The lowest BCUT2D eigenvalue weighted by molar-refractivity contribution is -0.125. The normalized spacial score (nSPS) is 15.1. The lowest BCUT2D eigenvalue weighted by Gasteiger charge is -2.13. The molecule has 4 nitrogen and oxygen atoms in total. The van der Waals surface area contributed by atoms with E-state index in [1.165, 1.54) is 18.3 Å². The number of H-pyrrole nitrogens is 1. The molecule has 1 aromatic heterocycles. The van der Waals surface area contributed by atoms with E-state index in [9.17, 15) is 14.0 Å². The van der Waals surface area contributed by atoms with Crippen molar-refractivity contribution in [2.45, 2.75) is 12.8 Å². The number of aromatic nitrogens is 1. The van der Waals surface area contributed by atoms with Crippen molar-refractivity contribution in [2.24, 2.45) is 0 Å². The number of benzene rings is 1. The van der Waals surface area contributed by atoms with Gasteiger partial charge in [-0.25, -0.2) is 4.39 Å². The first-order chi connectivity index (χ1) is 9.16. The summed E-state index contributed by atoms with van der Waals surface area (Å²) in [5.41, 5.74) is 0.894. The van der Waals surface area contributed by atoms with Crippen molar-refractivity contribution < 1.29 is 14.0 Å². The minimum Gasteiger partial charge on any atom is -0.360 e. The summed E-state index contributed by atoms with van der Waals surface area (Å²) in [6.07, 6.45) is 3.34. The molecular weight excluding hydrogens is 247 g/mol. The Morgan fingerprint density at radius 2 is 1.95 bits per heavy atom. The Morgan fingerprint density at radius 1 is 1.21 bits per heavy atom. The van der Waals surface area contributed by atoms with Gasteiger partial charge in [0, 0.05) is 30.2 Å². The number of amides is 1. The van der Waals surface area contributed by atoms with E-state index in [0.29, 0.717) is 24.0 Å². The van der Waals surface area contributed by atoms with Crippen LogP contribution in [0.15, 0.2) is 24.4 Å². The summed E-state index contributed by atoms with van der Waals surface area (Å²) in [4.78, 5) is 28.7. The number of fused-ring (bicyclic) bond motifs is 1. The van der Waals surface area contributed by atoms with Crippen molar-refractivity contribution in [3.63, 3.8) is 0 Å². The molecule has 98 valence electrons. The third-order valence-corrected chi connectivity index (χ3v) is 3.48. The van der Waals surface area contributed by atoms with Crippen LogP contribution in [-0.2, 0) is 4.79 Å². The number of carbonyl (C=O) groups excluding carboxylic acids is 2. The Balaban J connectivity index is 1.97. The summed E-state index contributed by atoms with van der Waals surface area (Å²) in [5, 5.41) is 0.456. The van der Waals surface area contributed by atoms with Gasteiger partial charge >= 0.3 is 0 Å². The quantitative estimate of drug-likeness (QED) is 0.664. The molecule has 0 radical (unpaired) electrons. The standard InChI is InChI=1S/C14H13FN2O2/c15-9-3-4-12-10(7-9)11(8-16-12)13(18)14(19)17-5-1-2-6-17/h3-4,7-8,16H,1-2,5-6H2. The lowest BCUT2D eigenvalue weighted by atomic mass is 10.1. The van der Waals surface area contributed by atoms with E-state index in [-0.39, 0.29) is 5.56 Å². The van der Waals surface area contributed by atoms with Gasteiger partial charge < -0.3 is 9.88 Å². The molecule has 0 saturated carbocycles. The highest BCUT2D eigenvalue weighted by Gasteiger charge is 2.27. The number of ketones is 1. The zero-order valence-electron chi connectivity index (χ0n) is 10.3. The summed E-state index contributed by atoms with van der Waals surface area (Å²) < 4.78 is 13.2. The molecule has 0 unspecified atom stereocenters. The van der Waals surface area contributed by atoms with E-state index in [2.05, 4.69) is 4.98 Å². The molecule has 3 rings (SSSR count). The zero-order valence-corrected chi connectivity index (χ0v) is 10.3. The molecule has 19 heavy (non-hydrogen) atoms. The molecule has 2 aromatic rings. The number of rotatable bonds is 2. The first-order valence-electron chi connectivity index (χ1n) is 6.27. The van der Waals surface area contributed by atoms with Crippen molar-refractivity contribution in [2.75, 3.05) is 13.1 Å². The monoisotopic (exact) mass is 260 g/mol. The zero-order chi connectivity index (χ0) is 13.4. The molecule has 1 saturated heterocycles. The second-order valence-electron chi connectivity index (χ2n) is 4.72. The van der Waals surface area contributed by atoms with Crippen LogP contribution in [0.5, 0.6) is 0 Å². The number of hydrogen-bond donors (Lipinski definition) is 1. The molecule has 1 aliphatic rings. The fourth-order valence-electron chi connectivity index (χ4n) is 2.46. The Morgan fingerprint density at radius 3 is 2.68 bits per heavy atom. The van der Waals surface area contributed by atoms with Crippen LogP contribution in [0.4, 0.5) is 4.39 Å². The minimum atomic E-state index is -0.571. The largest absolute Gasteiger partial charge is 0.360 e. The smallest absolute Gasteiger partial charge is 0.295 e. The van der Waals surface area contributed by atoms with E-state index in [0.717, 1.165) is 12.8 Å². The number of aromatic amines is 1. The van der Waals surface area contributed by atoms with Gasteiger partial charge in [0.05, 0.1) is 5.56 Å². The number of likely N-dealkylation sites (tertiary alicyclic amines) is 1. The molecule has 0 spiro atoms. The van der Waals surface area contributed by atoms with Gasteiger partial charge in [-0.1, -0.05) is 0 Å². The molecule has 1 aromatic carbocycles. The number of halogens is 1. The van der Waals surface area contributed by atoms with E-state index < -0.39 is 17.5 Å². The van der Waals surface area contributed by atoms with E-state index in [1.807, 2.05) is 0 Å². The summed E-state index contributed by atoms with van der Waals surface area (Å²) >= 11 is 0. The molecule has 0 atom stereocenters. The summed E-state index contributed by atoms with van der Waals surface area (Å²) in [6, 6.07) is 4.15. The van der Waals surface area contributed by atoms with Crippen LogP contribution in [0.1, 0.15) is 23.2 Å². The van der Waals surface area contributed by atoms with Gasteiger partial charge in [-0.15, -0.1) is 0 Å². The third kappa shape index (κ3) is 2.01. The van der Waals surface area contributed by atoms with Gasteiger partial charge in [-0.2, -0.15) is 0 Å². The minimum absolute atomic E-state index is 0.242. The predicted octanol–water partition coefficient (Wildman–Crippen LogP) is 2.11. The molecule has 1 fully saturated rings.